The van der Waals surface area contributed by atoms with E-state index in [9.17, 15) is 9.59 Å². The van der Waals surface area contributed by atoms with E-state index in [1.54, 1.807) is 12.1 Å². The maximum Gasteiger partial charge on any atom is 0.355 e. The van der Waals surface area contributed by atoms with Crippen molar-refractivity contribution in [1.29, 1.82) is 0 Å². The van der Waals surface area contributed by atoms with Crippen LogP contribution in [0.3, 0.4) is 0 Å². The van der Waals surface area contributed by atoms with Crippen molar-refractivity contribution in [3.05, 3.63) is 40.5 Å². The summed E-state index contributed by atoms with van der Waals surface area (Å²) in [6, 6.07) is 5.92. The lowest BCUT2D eigenvalue weighted by molar-refractivity contribution is 0.0647. The van der Waals surface area contributed by atoms with Gasteiger partial charge in [-0.25, -0.2) is 14.6 Å². The van der Waals surface area contributed by atoms with Crippen molar-refractivity contribution in [3.63, 3.8) is 0 Å². The zero-order chi connectivity index (χ0) is 12.6. The molecule has 2 rings (SSSR count). The number of carbonyl (C=O) groups is 2. The molecule has 0 amide bonds. The molecule has 5 nitrogen and oxygen atoms in total. The molecule has 17 heavy (non-hydrogen) atoms. The molecule has 86 valence electrons. The predicted octanol–water partition coefficient (Wildman–Crippen LogP) is 2.28. The number of aromatic nitrogens is 1. The van der Waals surface area contributed by atoms with Crippen LogP contribution in [0.15, 0.2) is 24.3 Å². The molecule has 1 aromatic carbocycles. The van der Waals surface area contributed by atoms with Gasteiger partial charge < -0.3 is 10.2 Å². The smallest absolute Gasteiger partial charge is 0.355 e. The summed E-state index contributed by atoms with van der Waals surface area (Å²) in [5.41, 5.74) is -0.487. The highest BCUT2D eigenvalue weighted by Crippen LogP contribution is 2.20. The number of carboxylic acids is 2. The van der Waals surface area contributed by atoms with Gasteiger partial charge in [-0.1, -0.05) is 17.7 Å². The van der Waals surface area contributed by atoms with Gasteiger partial charge in [0.25, 0.3) is 0 Å². The Bertz CT molecular complexity index is 639. The van der Waals surface area contributed by atoms with Crippen LogP contribution in [0.1, 0.15) is 20.8 Å². The lowest BCUT2D eigenvalue weighted by Gasteiger charge is -2.04. The Balaban J connectivity index is 2.81. The first-order chi connectivity index (χ1) is 7.99. The first-order valence-corrected chi connectivity index (χ1v) is 4.94. The first-order valence-electron chi connectivity index (χ1n) is 4.56. The summed E-state index contributed by atoms with van der Waals surface area (Å²) < 4.78 is 0. The Morgan fingerprint density at radius 1 is 1.12 bits per heavy atom. The van der Waals surface area contributed by atoms with Gasteiger partial charge in [0, 0.05) is 10.4 Å². The van der Waals surface area contributed by atoms with Crippen LogP contribution < -0.4 is 0 Å². The van der Waals surface area contributed by atoms with Crippen molar-refractivity contribution >= 4 is 34.4 Å². The van der Waals surface area contributed by atoms with E-state index in [2.05, 4.69) is 4.98 Å². The van der Waals surface area contributed by atoms with E-state index < -0.39 is 17.6 Å². The minimum absolute atomic E-state index is 0.340. The molecule has 0 aliphatic rings. The predicted molar refractivity (Wildman–Crippen MR) is 60.7 cm³/mol. The SMILES string of the molecule is O=C(O)c1cc2ccc(Cl)cc2nc1C(=O)O. The second-order valence-electron chi connectivity index (χ2n) is 3.33. The first kappa shape index (κ1) is 11.3. The fourth-order valence-electron chi connectivity index (χ4n) is 1.47. The maximum absolute atomic E-state index is 10.9. The lowest BCUT2D eigenvalue weighted by Crippen LogP contribution is -2.10. The van der Waals surface area contributed by atoms with Crippen LogP contribution in [0.4, 0.5) is 0 Å². The molecule has 0 saturated carbocycles. The van der Waals surface area contributed by atoms with Gasteiger partial charge in [-0.2, -0.15) is 0 Å². The van der Waals surface area contributed by atoms with Crippen LogP contribution in [-0.4, -0.2) is 27.1 Å². The van der Waals surface area contributed by atoms with E-state index in [0.717, 1.165) is 0 Å². The molecule has 1 aromatic heterocycles. The summed E-state index contributed by atoms with van der Waals surface area (Å²) in [6.07, 6.45) is 0. The third kappa shape index (κ3) is 2.05. The Morgan fingerprint density at radius 3 is 2.41 bits per heavy atom. The average molecular weight is 252 g/mol. The molecule has 0 spiro atoms. The normalized spacial score (nSPS) is 10.4. The van der Waals surface area contributed by atoms with Gasteiger partial charge in [0.1, 0.15) is 0 Å². The van der Waals surface area contributed by atoms with Crippen LogP contribution in [0.2, 0.25) is 5.02 Å². The van der Waals surface area contributed by atoms with Crippen LogP contribution in [-0.2, 0) is 0 Å². The molecule has 0 aliphatic heterocycles. The van der Waals surface area contributed by atoms with Crippen LogP contribution in [0.25, 0.3) is 10.9 Å². The number of hydrogen-bond donors (Lipinski definition) is 2. The second-order valence-corrected chi connectivity index (χ2v) is 3.77. The molecule has 1 heterocycles. The van der Waals surface area contributed by atoms with E-state index in [1.165, 1.54) is 12.1 Å². The third-order valence-electron chi connectivity index (χ3n) is 2.21. The van der Waals surface area contributed by atoms with Gasteiger partial charge in [-0.05, 0) is 18.2 Å². The topological polar surface area (TPSA) is 87.5 Å². The molecule has 2 aromatic rings. The van der Waals surface area contributed by atoms with E-state index >= 15 is 0 Å². The average Bonchev–Trinajstić information content (AvgIpc) is 2.26. The number of pyridine rings is 1. The van der Waals surface area contributed by atoms with Crippen molar-refractivity contribution in [3.8, 4) is 0 Å². The molecule has 0 fully saturated rings. The molecule has 0 bridgehead atoms. The number of halogens is 1. The lowest BCUT2D eigenvalue weighted by atomic mass is 10.1. The third-order valence-corrected chi connectivity index (χ3v) is 2.45. The molecule has 0 radical (unpaired) electrons. The number of hydrogen-bond acceptors (Lipinski definition) is 3. The van der Waals surface area contributed by atoms with Crippen molar-refractivity contribution in [2.24, 2.45) is 0 Å². The minimum atomic E-state index is -1.38. The number of fused-ring (bicyclic) bond motifs is 1. The second kappa shape index (κ2) is 4.03. The van der Waals surface area contributed by atoms with Crippen molar-refractivity contribution in [2.75, 3.05) is 0 Å². The van der Waals surface area contributed by atoms with E-state index in [1.807, 2.05) is 0 Å². The Labute approximate surface area is 100 Å². The molecule has 0 atom stereocenters. The fraction of sp³-hybridized carbons (Fsp3) is 0. The highest BCUT2D eigenvalue weighted by atomic mass is 35.5. The van der Waals surface area contributed by atoms with Crippen LogP contribution >= 0.6 is 11.6 Å². The molecular weight excluding hydrogens is 246 g/mol. The summed E-state index contributed by atoms with van der Waals surface area (Å²) in [6.45, 7) is 0. The number of aromatic carboxylic acids is 2. The molecule has 2 N–H and O–H groups in total. The van der Waals surface area contributed by atoms with Crippen LogP contribution in [0, 0.1) is 0 Å². The number of benzene rings is 1. The number of rotatable bonds is 2. The monoisotopic (exact) mass is 251 g/mol. The molecular formula is C11H6ClNO4. The summed E-state index contributed by atoms with van der Waals surface area (Å²) in [7, 11) is 0. The van der Waals surface area contributed by atoms with Gasteiger partial charge in [0.2, 0.25) is 0 Å². The van der Waals surface area contributed by atoms with E-state index in [-0.39, 0.29) is 5.56 Å². The molecule has 0 saturated heterocycles. The fourth-order valence-corrected chi connectivity index (χ4v) is 1.63. The van der Waals surface area contributed by atoms with Crippen LogP contribution in [0.5, 0.6) is 0 Å². The zero-order valence-electron chi connectivity index (χ0n) is 8.35. The van der Waals surface area contributed by atoms with Crippen molar-refractivity contribution in [1.82, 2.24) is 4.98 Å². The summed E-state index contributed by atoms with van der Waals surface area (Å²) in [4.78, 5) is 25.6. The number of nitrogens with zero attached hydrogens (tertiary/aromatic N) is 1. The zero-order valence-corrected chi connectivity index (χ0v) is 9.10. The maximum atomic E-state index is 10.9. The summed E-state index contributed by atoms with van der Waals surface area (Å²) in [5, 5.41) is 18.7. The molecule has 0 unspecified atom stereocenters. The Hall–Kier alpha value is -2.14. The molecule has 6 heteroatoms. The Morgan fingerprint density at radius 2 is 1.82 bits per heavy atom. The largest absolute Gasteiger partial charge is 0.478 e. The van der Waals surface area contributed by atoms with Crippen molar-refractivity contribution in [2.45, 2.75) is 0 Å². The minimum Gasteiger partial charge on any atom is -0.478 e. The summed E-state index contributed by atoms with van der Waals surface area (Å²) >= 11 is 5.75. The van der Waals surface area contributed by atoms with Gasteiger partial charge >= 0.3 is 11.9 Å². The van der Waals surface area contributed by atoms with Gasteiger partial charge in [0.05, 0.1) is 11.1 Å². The van der Waals surface area contributed by atoms with E-state index in [4.69, 9.17) is 21.8 Å². The Kier molecular flexibility index (Phi) is 2.69. The quantitative estimate of drug-likeness (QED) is 0.855. The van der Waals surface area contributed by atoms with Gasteiger partial charge in [-0.3, -0.25) is 0 Å². The van der Waals surface area contributed by atoms with E-state index in [0.29, 0.717) is 15.9 Å². The molecule has 0 aliphatic carbocycles. The van der Waals surface area contributed by atoms with Gasteiger partial charge in [0.15, 0.2) is 5.69 Å². The van der Waals surface area contributed by atoms with Crippen molar-refractivity contribution < 1.29 is 19.8 Å². The number of carboxylic acid groups (broad SMARTS) is 2. The summed E-state index contributed by atoms with van der Waals surface area (Å²) in [5.74, 6) is -2.71. The highest BCUT2D eigenvalue weighted by molar-refractivity contribution is 6.31. The highest BCUT2D eigenvalue weighted by Gasteiger charge is 2.18. The standard InChI is InChI=1S/C11H6ClNO4/c12-6-2-1-5-3-7(10(14)15)9(11(16)17)13-8(5)4-6/h1-4H,(H,14,15)(H,16,17). The van der Waals surface area contributed by atoms with Gasteiger partial charge in [-0.15, -0.1) is 0 Å².